The molecule has 4 rings (SSSR count). The Morgan fingerprint density at radius 2 is 1.83 bits per heavy atom. The second-order valence-corrected chi connectivity index (χ2v) is 7.31. The van der Waals surface area contributed by atoms with Crippen LogP contribution in [0.1, 0.15) is 23.4 Å². The third kappa shape index (κ3) is 4.07. The normalized spacial score (nSPS) is 15.5. The van der Waals surface area contributed by atoms with E-state index >= 15 is 0 Å². The van der Waals surface area contributed by atoms with Crippen LogP contribution in [-0.2, 0) is 17.4 Å². The minimum Gasteiger partial charge on any atom is -0.353 e. The van der Waals surface area contributed by atoms with Crippen molar-refractivity contribution < 1.29 is 18.0 Å². The van der Waals surface area contributed by atoms with Crippen molar-refractivity contribution in [1.29, 1.82) is 0 Å². The zero-order valence-electron chi connectivity index (χ0n) is 16.4. The van der Waals surface area contributed by atoms with E-state index in [2.05, 4.69) is 15.3 Å². The van der Waals surface area contributed by atoms with Crippen LogP contribution in [-0.4, -0.2) is 56.8 Å². The van der Waals surface area contributed by atoms with Gasteiger partial charge in [0.05, 0.1) is 6.42 Å². The highest BCUT2D eigenvalue weighted by Gasteiger charge is 2.37. The zero-order chi connectivity index (χ0) is 21.3. The van der Waals surface area contributed by atoms with Gasteiger partial charge >= 0.3 is 6.18 Å². The quantitative estimate of drug-likeness (QED) is 0.655. The molecule has 0 radical (unpaired) electrons. The van der Waals surface area contributed by atoms with Crippen molar-refractivity contribution in [3.63, 3.8) is 0 Å². The van der Waals surface area contributed by atoms with E-state index in [1.807, 2.05) is 41.0 Å². The third-order valence-corrected chi connectivity index (χ3v) is 5.28. The molecule has 0 aliphatic carbocycles. The standard InChI is InChI=1S/C20H21F3N6O/c1-14-5-2-3-6-15(14)13-18(30)28-10-4-9-27(11-12-28)17-8-7-16-24-25-19(20(21,22)23)29(16)26-17/h2-3,5-8H,4,9-13H2,1H3. The zero-order valence-corrected chi connectivity index (χ0v) is 16.4. The maximum absolute atomic E-state index is 13.1. The lowest BCUT2D eigenvalue weighted by molar-refractivity contribution is -0.146. The lowest BCUT2D eigenvalue weighted by Gasteiger charge is -2.23. The average Bonchev–Trinajstić information content (AvgIpc) is 2.98. The first kappa shape index (κ1) is 20.1. The van der Waals surface area contributed by atoms with Gasteiger partial charge in [-0.1, -0.05) is 24.3 Å². The number of rotatable bonds is 3. The largest absolute Gasteiger partial charge is 0.453 e. The van der Waals surface area contributed by atoms with E-state index in [4.69, 9.17) is 0 Å². The fourth-order valence-corrected chi connectivity index (χ4v) is 3.60. The number of aryl methyl sites for hydroxylation is 1. The molecule has 0 unspecified atom stereocenters. The third-order valence-electron chi connectivity index (χ3n) is 5.28. The van der Waals surface area contributed by atoms with Crippen LogP contribution >= 0.6 is 0 Å². The van der Waals surface area contributed by atoms with Crippen LogP contribution < -0.4 is 4.90 Å². The van der Waals surface area contributed by atoms with Gasteiger partial charge in [-0.15, -0.1) is 15.3 Å². The molecule has 0 N–H and O–H groups in total. The Morgan fingerprint density at radius 3 is 2.60 bits per heavy atom. The molecule has 1 saturated heterocycles. The highest BCUT2D eigenvalue weighted by atomic mass is 19.4. The Labute approximate surface area is 171 Å². The average molecular weight is 418 g/mol. The molecule has 0 saturated carbocycles. The first-order valence-corrected chi connectivity index (χ1v) is 9.70. The van der Waals surface area contributed by atoms with Crippen molar-refractivity contribution in [2.24, 2.45) is 0 Å². The van der Waals surface area contributed by atoms with Crippen molar-refractivity contribution in [3.8, 4) is 0 Å². The molecule has 1 aliphatic rings. The number of nitrogens with zero attached hydrogens (tertiary/aromatic N) is 6. The molecule has 3 heterocycles. The summed E-state index contributed by atoms with van der Waals surface area (Å²) in [6.45, 7) is 4.15. The Morgan fingerprint density at radius 1 is 1.03 bits per heavy atom. The molecule has 10 heteroatoms. The number of anilines is 1. The van der Waals surface area contributed by atoms with Gasteiger partial charge in [-0.05, 0) is 36.6 Å². The molecule has 1 aromatic carbocycles. The number of alkyl halides is 3. The van der Waals surface area contributed by atoms with E-state index in [9.17, 15) is 18.0 Å². The summed E-state index contributed by atoms with van der Waals surface area (Å²) in [5, 5.41) is 10.8. The SMILES string of the molecule is Cc1ccccc1CC(=O)N1CCCN(c2ccc3nnc(C(F)(F)F)n3n2)CC1. The molecule has 7 nitrogen and oxygen atoms in total. The summed E-state index contributed by atoms with van der Waals surface area (Å²) >= 11 is 0. The van der Waals surface area contributed by atoms with Gasteiger partial charge in [0, 0.05) is 26.2 Å². The first-order valence-electron chi connectivity index (χ1n) is 9.70. The molecule has 0 spiro atoms. The van der Waals surface area contributed by atoms with E-state index in [-0.39, 0.29) is 11.6 Å². The fourth-order valence-electron chi connectivity index (χ4n) is 3.60. The number of aromatic nitrogens is 4. The Balaban J connectivity index is 1.48. The highest BCUT2D eigenvalue weighted by Crippen LogP contribution is 2.28. The van der Waals surface area contributed by atoms with Crippen molar-refractivity contribution in [2.75, 3.05) is 31.1 Å². The molecular weight excluding hydrogens is 397 g/mol. The van der Waals surface area contributed by atoms with Crippen molar-refractivity contribution >= 4 is 17.4 Å². The second-order valence-electron chi connectivity index (χ2n) is 7.31. The number of hydrogen-bond donors (Lipinski definition) is 0. The number of amides is 1. The summed E-state index contributed by atoms with van der Waals surface area (Å²) < 4.78 is 40.1. The number of halogens is 3. The van der Waals surface area contributed by atoms with E-state index in [0.29, 0.717) is 44.8 Å². The summed E-state index contributed by atoms with van der Waals surface area (Å²) in [6.07, 6.45) is -3.59. The van der Waals surface area contributed by atoms with E-state index < -0.39 is 12.0 Å². The van der Waals surface area contributed by atoms with Gasteiger partial charge in [0.1, 0.15) is 5.82 Å². The lowest BCUT2D eigenvalue weighted by atomic mass is 10.1. The van der Waals surface area contributed by atoms with Crippen LogP contribution in [0.15, 0.2) is 36.4 Å². The Kier molecular flexibility index (Phi) is 5.31. The van der Waals surface area contributed by atoms with Crippen LogP contribution in [0.2, 0.25) is 0 Å². The number of benzene rings is 1. The number of carbonyl (C=O) groups is 1. The van der Waals surface area contributed by atoms with Gasteiger partial charge in [0.2, 0.25) is 5.91 Å². The van der Waals surface area contributed by atoms with E-state index in [1.54, 1.807) is 6.07 Å². The monoisotopic (exact) mass is 418 g/mol. The molecule has 1 aliphatic heterocycles. The van der Waals surface area contributed by atoms with Gasteiger partial charge < -0.3 is 9.80 Å². The predicted octanol–water partition coefficient (Wildman–Crippen LogP) is 2.73. The van der Waals surface area contributed by atoms with Crippen LogP contribution in [0.3, 0.4) is 0 Å². The van der Waals surface area contributed by atoms with Gasteiger partial charge in [0.25, 0.3) is 5.82 Å². The Hall–Kier alpha value is -3.17. The lowest BCUT2D eigenvalue weighted by Crippen LogP contribution is -2.36. The van der Waals surface area contributed by atoms with Crippen molar-refractivity contribution in [2.45, 2.75) is 25.9 Å². The van der Waals surface area contributed by atoms with Crippen LogP contribution in [0.25, 0.3) is 5.65 Å². The second kappa shape index (κ2) is 7.92. The first-order chi connectivity index (χ1) is 14.3. The minimum absolute atomic E-state index is 0.0379. The maximum atomic E-state index is 13.1. The van der Waals surface area contributed by atoms with Crippen molar-refractivity contribution in [1.82, 2.24) is 24.7 Å². The van der Waals surface area contributed by atoms with Gasteiger partial charge in [-0.2, -0.15) is 17.7 Å². The number of hydrogen-bond acceptors (Lipinski definition) is 5. The van der Waals surface area contributed by atoms with E-state index in [0.717, 1.165) is 15.6 Å². The molecule has 1 fully saturated rings. The summed E-state index contributed by atoms with van der Waals surface area (Å²) in [5.41, 5.74) is 2.12. The molecule has 1 amide bonds. The van der Waals surface area contributed by atoms with Gasteiger partial charge in [0.15, 0.2) is 5.65 Å². The van der Waals surface area contributed by atoms with Crippen LogP contribution in [0.5, 0.6) is 0 Å². The minimum atomic E-state index is -4.64. The molecule has 0 atom stereocenters. The summed E-state index contributed by atoms with van der Waals surface area (Å²) in [4.78, 5) is 16.5. The highest BCUT2D eigenvalue weighted by molar-refractivity contribution is 5.79. The summed E-state index contributed by atoms with van der Waals surface area (Å²) in [5.74, 6) is -0.696. The van der Waals surface area contributed by atoms with Gasteiger partial charge in [-0.25, -0.2) is 0 Å². The van der Waals surface area contributed by atoms with Crippen LogP contribution in [0.4, 0.5) is 19.0 Å². The molecule has 158 valence electrons. The predicted molar refractivity (Wildman–Crippen MR) is 104 cm³/mol. The summed E-state index contributed by atoms with van der Waals surface area (Å²) in [7, 11) is 0. The molecule has 3 aromatic rings. The number of carbonyl (C=O) groups excluding carboxylic acids is 1. The topological polar surface area (TPSA) is 66.6 Å². The molecule has 2 aromatic heterocycles. The van der Waals surface area contributed by atoms with Crippen molar-refractivity contribution in [3.05, 3.63) is 53.3 Å². The number of fused-ring (bicyclic) bond motifs is 1. The fraction of sp³-hybridized carbons (Fsp3) is 0.400. The molecule has 30 heavy (non-hydrogen) atoms. The maximum Gasteiger partial charge on any atom is 0.453 e. The summed E-state index contributed by atoms with van der Waals surface area (Å²) in [6, 6.07) is 10.9. The van der Waals surface area contributed by atoms with E-state index in [1.165, 1.54) is 6.07 Å². The molecule has 0 bridgehead atoms. The van der Waals surface area contributed by atoms with Crippen LogP contribution in [0, 0.1) is 6.92 Å². The van der Waals surface area contributed by atoms with Gasteiger partial charge in [-0.3, -0.25) is 4.79 Å². The Bertz CT molecular complexity index is 1060. The molecular formula is C20H21F3N6O. The smallest absolute Gasteiger partial charge is 0.353 e.